The molecule has 0 unspecified atom stereocenters. The van der Waals surface area contributed by atoms with Crippen LogP contribution in [-0.4, -0.2) is 16.2 Å². The topological polar surface area (TPSA) is 78.6 Å². The molecular weight excluding hydrogens is 158 g/mol. The van der Waals surface area contributed by atoms with Crippen LogP contribution in [-0.2, 0) is 0 Å². The Kier molecular flexibility index (Phi) is 2.49. The normalized spacial score (nSPS) is 14.6. The average Bonchev–Trinajstić information content (AvgIpc) is 2.30. The van der Waals surface area contributed by atoms with E-state index in [2.05, 4.69) is 5.32 Å². The van der Waals surface area contributed by atoms with Gasteiger partial charge in [0.05, 0.1) is 5.70 Å². The minimum Gasteiger partial charge on any atom is -0.464 e. The van der Waals surface area contributed by atoms with E-state index in [1.54, 1.807) is 24.4 Å². The van der Waals surface area contributed by atoms with E-state index in [0.29, 0.717) is 10.7 Å². The Balaban J connectivity index is 2.75. The van der Waals surface area contributed by atoms with Gasteiger partial charge < -0.3 is 10.4 Å². The number of carboxylic acid groups (broad SMARTS) is 1. The maximum Gasteiger partial charge on any atom is 0.426 e. The number of carbonyl (C=O) groups is 1. The Labute approximate surface area is 69.4 Å². The van der Waals surface area contributed by atoms with Gasteiger partial charge in [0.1, 0.15) is 0 Å². The second-order valence-corrected chi connectivity index (χ2v) is 2.11. The summed E-state index contributed by atoms with van der Waals surface area (Å²) in [5, 5.41) is 11.9. The van der Waals surface area contributed by atoms with Gasteiger partial charge >= 0.3 is 6.09 Å². The van der Waals surface area contributed by atoms with Crippen molar-refractivity contribution < 1.29 is 9.90 Å². The minimum atomic E-state index is -1.20. The Morgan fingerprint density at radius 2 is 2.33 bits per heavy atom. The van der Waals surface area contributed by atoms with Crippen LogP contribution >= 0.6 is 0 Å². The van der Waals surface area contributed by atoms with E-state index >= 15 is 0 Å². The Morgan fingerprint density at radius 1 is 1.58 bits per heavy atom. The number of nitrogens with one attached hydrogen (secondary N) is 1. The molecule has 0 spiro atoms. The van der Waals surface area contributed by atoms with Crippen LogP contribution in [0.1, 0.15) is 0 Å². The van der Waals surface area contributed by atoms with Gasteiger partial charge in [0.2, 0.25) is 0 Å². The number of allylic oxidation sites excluding steroid dienone is 3. The van der Waals surface area contributed by atoms with Crippen molar-refractivity contribution in [3.8, 4) is 0 Å². The quantitative estimate of drug-likeness (QED) is 0.299. The van der Waals surface area contributed by atoms with Crippen molar-refractivity contribution in [3.63, 3.8) is 0 Å². The lowest BCUT2D eigenvalue weighted by molar-refractivity contribution is 0.160. The molecule has 0 aliphatic carbocycles. The zero-order chi connectivity index (χ0) is 8.97. The van der Waals surface area contributed by atoms with Gasteiger partial charge in [-0.25, -0.2) is 15.6 Å². The zero-order valence-electron chi connectivity index (χ0n) is 6.27. The first-order chi connectivity index (χ1) is 5.72. The molecule has 0 aromatic carbocycles. The van der Waals surface area contributed by atoms with E-state index in [4.69, 9.17) is 10.9 Å². The van der Waals surface area contributed by atoms with Crippen molar-refractivity contribution in [2.24, 2.45) is 5.84 Å². The highest BCUT2D eigenvalue weighted by Gasteiger charge is 2.09. The fourth-order valence-corrected chi connectivity index (χ4v) is 0.707. The van der Waals surface area contributed by atoms with Gasteiger partial charge in [-0.3, -0.25) is 0 Å². The third-order valence-corrected chi connectivity index (χ3v) is 1.29. The molecule has 0 fully saturated rings. The largest absolute Gasteiger partial charge is 0.464 e. The molecule has 0 saturated heterocycles. The number of amides is 1. The van der Waals surface area contributed by atoms with Crippen LogP contribution in [0.25, 0.3) is 0 Å². The summed E-state index contributed by atoms with van der Waals surface area (Å²) in [6.07, 6.45) is 6.97. The fourth-order valence-electron chi connectivity index (χ4n) is 0.707. The van der Waals surface area contributed by atoms with Gasteiger partial charge in [-0.15, -0.1) is 0 Å². The lowest BCUT2D eigenvalue weighted by Gasteiger charge is -2.12. The van der Waals surface area contributed by atoms with Crippen LogP contribution in [0.5, 0.6) is 0 Å². The van der Waals surface area contributed by atoms with E-state index in [1.165, 1.54) is 6.20 Å². The summed E-state index contributed by atoms with van der Waals surface area (Å²) in [7, 11) is 0. The molecule has 1 aliphatic rings. The first kappa shape index (κ1) is 8.35. The standard InChI is InChI=1S/C7H9N3O2/c8-10(7(11)12)6-3-1-2-4-9-5-6/h1-5,9H,8H2,(H,11,12). The molecule has 5 heteroatoms. The van der Waals surface area contributed by atoms with Crippen molar-refractivity contribution in [1.82, 2.24) is 10.3 Å². The maximum atomic E-state index is 10.4. The van der Waals surface area contributed by atoms with Crippen molar-refractivity contribution in [2.75, 3.05) is 0 Å². The molecule has 1 rings (SSSR count). The Bertz CT molecular complexity index is 268. The SMILES string of the molecule is NN(C(=O)O)C1=CNC=CC=C1. The number of nitrogens with two attached hydrogens (primary N) is 1. The second kappa shape index (κ2) is 3.59. The molecule has 0 bridgehead atoms. The highest BCUT2D eigenvalue weighted by Crippen LogP contribution is 2.02. The number of hydrogen-bond acceptors (Lipinski definition) is 3. The molecular formula is C7H9N3O2. The zero-order valence-corrected chi connectivity index (χ0v) is 6.27. The number of hydrogen-bond donors (Lipinski definition) is 3. The Hall–Kier alpha value is -1.75. The lowest BCUT2D eigenvalue weighted by Crippen LogP contribution is -2.35. The molecule has 1 amide bonds. The smallest absolute Gasteiger partial charge is 0.426 e. The highest BCUT2D eigenvalue weighted by molar-refractivity contribution is 5.67. The van der Waals surface area contributed by atoms with E-state index in [-0.39, 0.29) is 0 Å². The molecule has 0 aromatic heterocycles. The minimum absolute atomic E-state index is 0.382. The van der Waals surface area contributed by atoms with Crippen molar-refractivity contribution >= 4 is 6.09 Å². The number of hydrazine groups is 1. The highest BCUT2D eigenvalue weighted by atomic mass is 16.4. The molecule has 64 valence electrons. The van der Waals surface area contributed by atoms with Crippen LogP contribution in [0.2, 0.25) is 0 Å². The molecule has 0 atom stereocenters. The lowest BCUT2D eigenvalue weighted by atomic mass is 10.4. The molecule has 0 aromatic rings. The number of rotatable bonds is 1. The van der Waals surface area contributed by atoms with E-state index in [1.807, 2.05) is 0 Å². The van der Waals surface area contributed by atoms with Crippen LogP contribution in [0, 0.1) is 0 Å². The van der Waals surface area contributed by atoms with Gasteiger partial charge in [0.25, 0.3) is 0 Å². The van der Waals surface area contributed by atoms with E-state index < -0.39 is 6.09 Å². The molecule has 0 saturated carbocycles. The summed E-state index contributed by atoms with van der Waals surface area (Å²) >= 11 is 0. The predicted octanol–water partition coefficient (Wildman–Crippen LogP) is 0.355. The number of nitrogens with zero attached hydrogens (tertiary/aromatic N) is 1. The Morgan fingerprint density at radius 3 is 3.00 bits per heavy atom. The van der Waals surface area contributed by atoms with Crippen LogP contribution in [0.15, 0.2) is 36.3 Å². The summed E-state index contributed by atoms with van der Waals surface area (Å²) in [5.41, 5.74) is 0.382. The first-order valence-electron chi connectivity index (χ1n) is 3.29. The molecule has 5 nitrogen and oxygen atoms in total. The van der Waals surface area contributed by atoms with Crippen molar-refractivity contribution in [2.45, 2.75) is 0 Å². The molecule has 1 heterocycles. The second-order valence-electron chi connectivity index (χ2n) is 2.11. The van der Waals surface area contributed by atoms with Crippen LogP contribution in [0.3, 0.4) is 0 Å². The summed E-state index contributed by atoms with van der Waals surface area (Å²) in [5.74, 6) is 5.21. The van der Waals surface area contributed by atoms with Crippen LogP contribution < -0.4 is 11.2 Å². The van der Waals surface area contributed by atoms with Crippen LogP contribution in [0.4, 0.5) is 4.79 Å². The van der Waals surface area contributed by atoms with E-state index in [0.717, 1.165) is 0 Å². The van der Waals surface area contributed by atoms with Gasteiger partial charge in [-0.1, -0.05) is 6.08 Å². The predicted molar refractivity (Wildman–Crippen MR) is 43.5 cm³/mol. The maximum absolute atomic E-state index is 10.4. The van der Waals surface area contributed by atoms with Crippen molar-refractivity contribution in [3.05, 3.63) is 36.3 Å². The average molecular weight is 167 g/mol. The van der Waals surface area contributed by atoms with Gasteiger partial charge in [0.15, 0.2) is 0 Å². The summed E-state index contributed by atoms with van der Waals surface area (Å²) < 4.78 is 0. The molecule has 1 aliphatic heterocycles. The van der Waals surface area contributed by atoms with Gasteiger partial charge in [-0.2, -0.15) is 0 Å². The molecule has 12 heavy (non-hydrogen) atoms. The summed E-state index contributed by atoms with van der Waals surface area (Å²) in [4.78, 5) is 10.4. The monoisotopic (exact) mass is 167 g/mol. The summed E-state index contributed by atoms with van der Waals surface area (Å²) in [6, 6.07) is 0. The molecule has 0 radical (unpaired) electrons. The third-order valence-electron chi connectivity index (χ3n) is 1.29. The van der Waals surface area contributed by atoms with Crippen molar-refractivity contribution in [1.29, 1.82) is 0 Å². The van der Waals surface area contributed by atoms with Gasteiger partial charge in [-0.05, 0) is 12.2 Å². The summed E-state index contributed by atoms with van der Waals surface area (Å²) in [6.45, 7) is 0. The first-order valence-corrected chi connectivity index (χ1v) is 3.29. The van der Waals surface area contributed by atoms with E-state index in [9.17, 15) is 4.79 Å². The molecule has 4 N–H and O–H groups in total. The van der Waals surface area contributed by atoms with Gasteiger partial charge in [0, 0.05) is 12.4 Å². The third kappa shape index (κ3) is 1.86. The fraction of sp³-hybridized carbons (Fsp3) is 0.